The van der Waals surface area contributed by atoms with Gasteiger partial charge in [-0.3, -0.25) is 9.88 Å². The van der Waals surface area contributed by atoms with Crippen LogP contribution in [0.1, 0.15) is 77.5 Å². The molecule has 0 radical (unpaired) electrons. The number of rotatable bonds is 5. The summed E-state index contributed by atoms with van der Waals surface area (Å²) in [7, 11) is 0. The van der Waals surface area contributed by atoms with Gasteiger partial charge in [0.25, 0.3) is 0 Å². The molecule has 1 amide bonds. The van der Waals surface area contributed by atoms with Crippen molar-refractivity contribution < 1.29 is 19.1 Å². The molecule has 1 N–H and O–H groups in total. The number of aromatic nitrogens is 3. The maximum atomic E-state index is 13.4. The van der Waals surface area contributed by atoms with E-state index in [0.29, 0.717) is 24.4 Å². The summed E-state index contributed by atoms with van der Waals surface area (Å²) in [4.78, 5) is 37.1. The molecule has 1 unspecified atom stereocenters. The minimum atomic E-state index is -0.655. The van der Waals surface area contributed by atoms with Gasteiger partial charge >= 0.3 is 12.2 Å². The van der Waals surface area contributed by atoms with Crippen molar-refractivity contribution in [1.29, 1.82) is 0 Å². The Labute approximate surface area is 236 Å². The molecule has 212 valence electrons. The average molecular weight is 546 g/mol. The average Bonchev–Trinajstić information content (AvgIpc) is 3.23. The molecule has 1 aromatic carbocycles. The van der Waals surface area contributed by atoms with Crippen LogP contribution in [0, 0.1) is 11.8 Å². The Kier molecular flexibility index (Phi) is 8.79. The van der Waals surface area contributed by atoms with Gasteiger partial charge in [-0.15, -0.1) is 0 Å². The van der Waals surface area contributed by atoms with Crippen LogP contribution in [0.3, 0.4) is 0 Å². The van der Waals surface area contributed by atoms with Gasteiger partial charge in [-0.25, -0.2) is 19.1 Å². The number of ether oxygens (including phenoxy) is 2. The molecule has 2 heterocycles. The van der Waals surface area contributed by atoms with E-state index in [1.165, 1.54) is 5.56 Å². The normalized spacial score (nSPS) is 15.2. The fourth-order valence-corrected chi connectivity index (χ4v) is 4.74. The van der Waals surface area contributed by atoms with Crippen LogP contribution in [0.25, 0.3) is 11.0 Å². The molecule has 3 aromatic rings. The van der Waals surface area contributed by atoms with Crippen molar-refractivity contribution in [2.45, 2.75) is 84.6 Å². The summed E-state index contributed by atoms with van der Waals surface area (Å²) in [6.07, 6.45) is 3.77. The number of amides is 1. The third kappa shape index (κ3) is 7.60. The van der Waals surface area contributed by atoms with Crippen molar-refractivity contribution in [3.63, 3.8) is 0 Å². The molecule has 2 aromatic heterocycles. The number of carbonyl (C=O) groups is 2. The van der Waals surface area contributed by atoms with E-state index in [9.17, 15) is 9.59 Å². The van der Waals surface area contributed by atoms with Crippen LogP contribution in [0.2, 0.25) is 0 Å². The number of pyridine rings is 1. The van der Waals surface area contributed by atoms with Crippen molar-refractivity contribution in [1.82, 2.24) is 24.8 Å². The quantitative estimate of drug-likeness (QED) is 0.415. The van der Waals surface area contributed by atoms with Crippen LogP contribution in [0.4, 0.5) is 9.59 Å². The van der Waals surface area contributed by atoms with E-state index < -0.39 is 23.4 Å². The highest BCUT2D eigenvalue weighted by atomic mass is 16.6. The van der Waals surface area contributed by atoms with Gasteiger partial charge in [-0.2, -0.15) is 0 Å². The first-order chi connectivity index (χ1) is 18.9. The number of benzene rings is 1. The van der Waals surface area contributed by atoms with Crippen LogP contribution in [0.15, 0.2) is 42.6 Å². The second-order valence-electron chi connectivity index (χ2n) is 11.9. The lowest BCUT2D eigenvalue weighted by molar-refractivity contribution is 0.0522. The maximum absolute atomic E-state index is 13.4. The third-order valence-electron chi connectivity index (χ3n) is 6.28. The molecule has 9 heteroatoms. The van der Waals surface area contributed by atoms with Crippen molar-refractivity contribution in [3.05, 3.63) is 59.7 Å². The zero-order valence-electron chi connectivity index (χ0n) is 24.3. The predicted octanol–water partition coefficient (Wildman–Crippen LogP) is 5.62. The zero-order chi connectivity index (χ0) is 28.9. The SMILES string of the molecule is CC(C)(C)OC(=O)NCC#CCN(Cc1nc2ccccc2n1C(=O)OC(C)(C)C)C1CCCc2cccnc21. The molecule has 0 aliphatic heterocycles. The third-order valence-corrected chi connectivity index (χ3v) is 6.28. The molecule has 9 nitrogen and oxygen atoms in total. The van der Waals surface area contributed by atoms with Gasteiger partial charge in [0.15, 0.2) is 0 Å². The highest BCUT2D eigenvalue weighted by Crippen LogP contribution is 2.34. The number of hydrogen-bond donors (Lipinski definition) is 1. The van der Waals surface area contributed by atoms with E-state index in [-0.39, 0.29) is 12.6 Å². The number of nitrogens with zero attached hydrogens (tertiary/aromatic N) is 4. The second kappa shape index (κ2) is 12.1. The summed E-state index contributed by atoms with van der Waals surface area (Å²) in [5, 5.41) is 2.68. The first-order valence-electron chi connectivity index (χ1n) is 13.7. The number of para-hydroxylation sites is 2. The molecular weight excluding hydrogens is 506 g/mol. The van der Waals surface area contributed by atoms with Gasteiger partial charge in [-0.1, -0.05) is 30.0 Å². The molecule has 40 heavy (non-hydrogen) atoms. The number of hydrogen-bond acceptors (Lipinski definition) is 7. The standard InChI is InChI=1S/C31H39N5O4/c1-30(2,3)39-28(37)33-18-9-10-20-35(25-17-11-13-22-14-12-19-32-27(22)25)21-26-34-23-15-7-8-16-24(23)36(26)29(38)40-31(4,5)6/h7-8,12,14-16,19,25H,11,13,17-18,20-21H2,1-6H3,(H,33,37). The van der Waals surface area contributed by atoms with Crippen LogP contribution in [0.5, 0.6) is 0 Å². The molecule has 4 rings (SSSR count). The van der Waals surface area contributed by atoms with Crippen molar-refractivity contribution in [2.75, 3.05) is 13.1 Å². The lowest BCUT2D eigenvalue weighted by atomic mass is 9.91. The summed E-state index contributed by atoms with van der Waals surface area (Å²) >= 11 is 0. The number of imidazole rings is 1. The second-order valence-corrected chi connectivity index (χ2v) is 11.9. The number of alkyl carbamates (subject to hydrolysis) is 1. The van der Waals surface area contributed by atoms with Gasteiger partial charge in [0, 0.05) is 6.20 Å². The Hall–Kier alpha value is -3.90. The monoisotopic (exact) mass is 545 g/mol. The minimum Gasteiger partial charge on any atom is -0.444 e. The Morgan fingerprint density at radius 3 is 2.55 bits per heavy atom. The number of aryl methyl sites for hydroxylation is 1. The lowest BCUT2D eigenvalue weighted by Gasteiger charge is -2.33. The molecule has 0 fully saturated rings. The lowest BCUT2D eigenvalue weighted by Crippen LogP contribution is -2.35. The maximum Gasteiger partial charge on any atom is 0.420 e. The number of fused-ring (bicyclic) bond motifs is 2. The summed E-state index contributed by atoms with van der Waals surface area (Å²) in [5.74, 6) is 6.81. The van der Waals surface area contributed by atoms with E-state index in [1.54, 1.807) is 4.57 Å². The Morgan fingerprint density at radius 2 is 1.80 bits per heavy atom. The van der Waals surface area contributed by atoms with E-state index >= 15 is 0 Å². The van der Waals surface area contributed by atoms with Crippen molar-refractivity contribution in [2.24, 2.45) is 0 Å². The van der Waals surface area contributed by atoms with Gasteiger partial charge < -0.3 is 14.8 Å². The van der Waals surface area contributed by atoms with Crippen molar-refractivity contribution in [3.8, 4) is 11.8 Å². The molecule has 0 spiro atoms. The van der Waals surface area contributed by atoms with Gasteiger partial charge in [0.2, 0.25) is 0 Å². The van der Waals surface area contributed by atoms with Gasteiger partial charge in [0.05, 0.1) is 42.4 Å². The fraction of sp³-hybridized carbons (Fsp3) is 0.484. The summed E-state index contributed by atoms with van der Waals surface area (Å²) in [6, 6.07) is 11.7. The molecule has 0 saturated carbocycles. The van der Waals surface area contributed by atoms with Gasteiger partial charge in [-0.05, 0) is 84.6 Å². The Morgan fingerprint density at radius 1 is 1.05 bits per heavy atom. The number of carbonyl (C=O) groups excluding carboxylic acids is 2. The molecular formula is C31H39N5O4. The Bertz CT molecular complexity index is 1420. The number of nitrogens with one attached hydrogen (secondary N) is 1. The summed E-state index contributed by atoms with van der Waals surface area (Å²) in [6.45, 7) is 11.9. The minimum absolute atomic E-state index is 0.00460. The summed E-state index contributed by atoms with van der Waals surface area (Å²) in [5.41, 5.74) is 2.44. The summed E-state index contributed by atoms with van der Waals surface area (Å²) < 4.78 is 12.6. The van der Waals surface area contributed by atoms with E-state index in [4.69, 9.17) is 19.4 Å². The van der Waals surface area contributed by atoms with Crippen LogP contribution < -0.4 is 5.32 Å². The van der Waals surface area contributed by atoms with E-state index in [2.05, 4.69) is 28.1 Å². The first-order valence-corrected chi connectivity index (χ1v) is 13.7. The molecule has 0 saturated heterocycles. The highest BCUT2D eigenvalue weighted by molar-refractivity contribution is 5.87. The van der Waals surface area contributed by atoms with E-state index in [0.717, 1.165) is 30.5 Å². The van der Waals surface area contributed by atoms with Crippen LogP contribution in [-0.4, -0.2) is 55.9 Å². The van der Waals surface area contributed by atoms with Gasteiger partial charge in [0.1, 0.15) is 17.0 Å². The molecule has 0 bridgehead atoms. The molecule has 1 aliphatic carbocycles. The molecule has 1 atom stereocenters. The Balaban J connectivity index is 1.63. The highest BCUT2D eigenvalue weighted by Gasteiger charge is 2.30. The zero-order valence-corrected chi connectivity index (χ0v) is 24.3. The van der Waals surface area contributed by atoms with Crippen molar-refractivity contribution >= 4 is 23.2 Å². The molecule has 1 aliphatic rings. The largest absolute Gasteiger partial charge is 0.444 e. The predicted molar refractivity (Wildman–Crippen MR) is 154 cm³/mol. The van der Waals surface area contributed by atoms with E-state index in [1.807, 2.05) is 78.1 Å². The smallest absolute Gasteiger partial charge is 0.420 e. The fourth-order valence-electron chi connectivity index (χ4n) is 4.74. The van der Waals surface area contributed by atoms with Crippen LogP contribution >= 0.6 is 0 Å². The first kappa shape index (κ1) is 29.1. The van der Waals surface area contributed by atoms with Crippen LogP contribution in [-0.2, 0) is 22.4 Å². The topological polar surface area (TPSA) is 98.6 Å².